The number of aryl methyl sites for hydroxylation is 2. The quantitative estimate of drug-likeness (QED) is 0.412. The number of pyridine rings is 1. The Morgan fingerprint density at radius 1 is 1.09 bits per heavy atom. The van der Waals surface area contributed by atoms with Gasteiger partial charge in [-0.05, 0) is 41.3 Å². The van der Waals surface area contributed by atoms with Gasteiger partial charge in [0.25, 0.3) is 5.91 Å². The van der Waals surface area contributed by atoms with Gasteiger partial charge in [0.1, 0.15) is 10.7 Å². The molecule has 0 unspecified atom stereocenters. The monoisotopic (exact) mass is 460 g/mol. The summed E-state index contributed by atoms with van der Waals surface area (Å²) in [6.45, 7) is 8.82. The van der Waals surface area contributed by atoms with Gasteiger partial charge < -0.3 is 10.6 Å². The SMILES string of the molecule is Cc1cc(-c2ccnc(Nc3cnn(C)c3)c2)ccc1CNC(=O)c1cnc(C(C)(C)C)s1. The normalized spacial score (nSPS) is 11.4. The van der Waals surface area contributed by atoms with Gasteiger partial charge in [0.2, 0.25) is 0 Å². The first kappa shape index (κ1) is 22.7. The fourth-order valence-electron chi connectivity index (χ4n) is 3.37. The largest absolute Gasteiger partial charge is 0.347 e. The van der Waals surface area contributed by atoms with Crippen molar-refractivity contribution in [1.29, 1.82) is 0 Å². The second-order valence-corrected chi connectivity index (χ2v) is 10.1. The van der Waals surface area contributed by atoms with Gasteiger partial charge in [-0.15, -0.1) is 11.3 Å². The Labute approximate surface area is 197 Å². The van der Waals surface area contributed by atoms with Crippen molar-refractivity contribution in [3.8, 4) is 11.1 Å². The Balaban J connectivity index is 1.43. The molecule has 3 heterocycles. The Hall–Kier alpha value is -3.52. The van der Waals surface area contributed by atoms with Crippen molar-refractivity contribution in [1.82, 2.24) is 25.1 Å². The number of carbonyl (C=O) groups excluding carboxylic acids is 1. The maximum Gasteiger partial charge on any atom is 0.263 e. The maximum absolute atomic E-state index is 12.6. The minimum atomic E-state index is -0.0910. The van der Waals surface area contributed by atoms with Crippen molar-refractivity contribution in [3.63, 3.8) is 0 Å². The van der Waals surface area contributed by atoms with E-state index in [4.69, 9.17) is 0 Å². The van der Waals surface area contributed by atoms with Crippen LogP contribution in [0.2, 0.25) is 0 Å². The van der Waals surface area contributed by atoms with Gasteiger partial charge in [-0.3, -0.25) is 9.48 Å². The van der Waals surface area contributed by atoms with Gasteiger partial charge in [0, 0.05) is 31.4 Å². The molecular formula is C25H28N6OS. The molecule has 0 spiro atoms. The van der Waals surface area contributed by atoms with Crippen molar-refractivity contribution in [2.45, 2.75) is 39.7 Å². The number of nitrogens with one attached hydrogen (secondary N) is 2. The molecular weight excluding hydrogens is 432 g/mol. The van der Waals surface area contributed by atoms with Crippen LogP contribution < -0.4 is 10.6 Å². The molecule has 0 bridgehead atoms. The van der Waals surface area contributed by atoms with Gasteiger partial charge in [-0.25, -0.2) is 9.97 Å². The molecule has 2 N–H and O–H groups in total. The first-order valence-corrected chi connectivity index (χ1v) is 11.6. The lowest BCUT2D eigenvalue weighted by Gasteiger charge is -2.13. The van der Waals surface area contributed by atoms with Crippen LogP contribution in [0, 0.1) is 6.92 Å². The van der Waals surface area contributed by atoms with Crippen LogP contribution in [0.15, 0.2) is 55.1 Å². The number of anilines is 2. The highest BCUT2D eigenvalue weighted by molar-refractivity contribution is 7.13. The molecule has 0 aliphatic carbocycles. The van der Waals surface area contributed by atoms with Gasteiger partial charge >= 0.3 is 0 Å². The topological polar surface area (TPSA) is 84.7 Å². The molecule has 1 aromatic carbocycles. The Bertz CT molecular complexity index is 1280. The van der Waals surface area contributed by atoms with Gasteiger partial charge in [0.05, 0.1) is 23.1 Å². The Kier molecular flexibility index (Phi) is 6.29. The van der Waals surface area contributed by atoms with Crippen LogP contribution in [0.25, 0.3) is 11.1 Å². The summed E-state index contributed by atoms with van der Waals surface area (Å²) in [7, 11) is 1.88. The average molecular weight is 461 g/mol. The van der Waals surface area contributed by atoms with E-state index in [1.165, 1.54) is 11.3 Å². The lowest BCUT2D eigenvalue weighted by atomic mass is 9.98. The summed E-state index contributed by atoms with van der Waals surface area (Å²) in [5.41, 5.74) is 5.18. The predicted octanol–water partition coefficient (Wildman–Crippen LogP) is 5.22. The zero-order valence-electron chi connectivity index (χ0n) is 19.5. The molecule has 0 aliphatic heterocycles. The molecule has 8 heteroatoms. The van der Waals surface area contributed by atoms with Crippen LogP contribution in [0.5, 0.6) is 0 Å². The number of hydrogen-bond donors (Lipinski definition) is 2. The van der Waals surface area contributed by atoms with Crippen molar-refractivity contribution in [3.05, 3.63) is 76.1 Å². The minimum Gasteiger partial charge on any atom is -0.347 e. The van der Waals surface area contributed by atoms with E-state index in [2.05, 4.69) is 71.6 Å². The van der Waals surface area contributed by atoms with E-state index in [0.717, 1.165) is 38.8 Å². The summed E-state index contributed by atoms with van der Waals surface area (Å²) < 4.78 is 1.74. The van der Waals surface area contributed by atoms with Crippen LogP contribution in [0.4, 0.5) is 11.5 Å². The van der Waals surface area contributed by atoms with E-state index in [1.54, 1.807) is 23.3 Å². The number of carbonyl (C=O) groups is 1. The highest BCUT2D eigenvalue weighted by atomic mass is 32.1. The number of thiazole rings is 1. The highest BCUT2D eigenvalue weighted by Crippen LogP contribution is 2.27. The van der Waals surface area contributed by atoms with E-state index in [-0.39, 0.29) is 11.3 Å². The van der Waals surface area contributed by atoms with E-state index in [1.807, 2.05) is 25.4 Å². The summed E-state index contributed by atoms with van der Waals surface area (Å²) in [4.78, 5) is 22.0. The van der Waals surface area contributed by atoms with Crippen molar-refractivity contribution in [2.24, 2.45) is 7.05 Å². The fourth-order valence-corrected chi connectivity index (χ4v) is 4.26. The number of amides is 1. The summed E-state index contributed by atoms with van der Waals surface area (Å²) in [6.07, 6.45) is 7.12. The lowest BCUT2D eigenvalue weighted by molar-refractivity contribution is 0.0954. The third-order valence-corrected chi connectivity index (χ3v) is 6.65. The van der Waals surface area contributed by atoms with Crippen molar-refractivity contribution < 1.29 is 4.79 Å². The molecule has 3 aromatic heterocycles. The van der Waals surface area contributed by atoms with Crippen molar-refractivity contribution in [2.75, 3.05) is 5.32 Å². The molecule has 0 saturated heterocycles. The first-order valence-electron chi connectivity index (χ1n) is 10.8. The molecule has 33 heavy (non-hydrogen) atoms. The van der Waals surface area contributed by atoms with E-state index in [0.29, 0.717) is 11.4 Å². The summed E-state index contributed by atoms with van der Waals surface area (Å²) in [5, 5.41) is 11.4. The van der Waals surface area contributed by atoms with E-state index in [9.17, 15) is 4.79 Å². The molecule has 1 amide bonds. The molecule has 0 saturated carbocycles. The molecule has 4 aromatic rings. The average Bonchev–Trinajstić information content (AvgIpc) is 3.42. The van der Waals surface area contributed by atoms with Crippen LogP contribution in [0.1, 0.15) is 46.6 Å². The van der Waals surface area contributed by atoms with Gasteiger partial charge in [0.15, 0.2) is 0 Å². The Morgan fingerprint density at radius 2 is 1.88 bits per heavy atom. The standard InChI is InChI=1S/C25H28N6OS/c1-16-10-17(18-8-9-26-22(11-18)30-20-13-29-31(5)15-20)6-7-19(16)12-27-23(32)21-14-28-24(33-21)25(2,3)4/h6-11,13-15H,12H2,1-5H3,(H,26,30)(H,27,32). The second kappa shape index (κ2) is 9.15. The number of benzene rings is 1. The fraction of sp³-hybridized carbons (Fsp3) is 0.280. The zero-order chi connectivity index (χ0) is 23.6. The zero-order valence-corrected chi connectivity index (χ0v) is 20.3. The number of rotatable bonds is 6. The molecule has 4 rings (SSSR count). The lowest BCUT2D eigenvalue weighted by Crippen LogP contribution is -2.22. The number of nitrogens with zero attached hydrogens (tertiary/aromatic N) is 4. The Morgan fingerprint density at radius 3 is 2.55 bits per heavy atom. The number of hydrogen-bond acceptors (Lipinski definition) is 6. The summed E-state index contributed by atoms with van der Waals surface area (Å²) >= 11 is 1.45. The van der Waals surface area contributed by atoms with E-state index >= 15 is 0 Å². The molecule has 0 aliphatic rings. The van der Waals surface area contributed by atoms with Crippen LogP contribution in [-0.4, -0.2) is 25.7 Å². The molecule has 0 fully saturated rings. The van der Waals surface area contributed by atoms with E-state index < -0.39 is 0 Å². The van der Waals surface area contributed by atoms with Gasteiger partial charge in [-0.2, -0.15) is 5.10 Å². The molecule has 170 valence electrons. The van der Waals surface area contributed by atoms with Crippen LogP contribution >= 0.6 is 11.3 Å². The third-order valence-electron chi connectivity index (χ3n) is 5.22. The summed E-state index contributed by atoms with van der Waals surface area (Å²) in [5.74, 6) is 0.667. The third kappa shape index (κ3) is 5.46. The first-order chi connectivity index (χ1) is 15.7. The smallest absolute Gasteiger partial charge is 0.263 e. The summed E-state index contributed by atoms with van der Waals surface area (Å²) in [6, 6.07) is 10.3. The highest BCUT2D eigenvalue weighted by Gasteiger charge is 2.20. The second-order valence-electron chi connectivity index (χ2n) is 9.06. The van der Waals surface area contributed by atoms with Crippen molar-refractivity contribution >= 4 is 28.7 Å². The minimum absolute atomic E-state index is 0.0596. The maximum atomic E-state index is 12.6. The van der Waals surface area contributed by atoms with Gasteiger partial charge in [-0.1, -0.05) is 39.0 Å². The number of aromatic nitrogens is 4. The predicted molar refractivity (Wildman–Crippen MR) is 133 cm³/mol. The molecule has 0 atom stereocenters. The van der Waals surface area contributed by atoms with Crippen LogP contribution in [0.3, 0.4) is 0 Å². The molecule has 7 nitrogen and oxygen atoms in total. The van der Waals surface area contributed by atoms with Crippen LogP contribution in [-0.2, 0) is 19.0 Å². The molecule has 0 radical (unpaired) electrons.